The molecule has 1 saturated heterocycles. The average Bonchev–Trinajstić information content (AvgIpc) is 2.42. The number of nitrogens with one attached hydrogen (secondary N) is 2. The minimum Gasteiger partial charge on any atom is -0.356 e. The Morgan fingerprint density at radius 1 is 1.06 bits per heavy atom. The molecule has 3 nitrogen and oxygen atoms in total. The van der Waals surface area contributed by atoms with Crippen molar-refractivity contribution in [2.45, 2.75) is 39.0 Å². The fourth-order valence-electron chi connectivity index (χ4n) is 2.09. The molecular formula is C15H23N3. The number of hydrogen-bond donors (Lipinski definition) is 2. The summed E-state index contributed by atoms with van der Waals surface area (Å²) in [5.74, 6) is 0.903. The van der Waals surface area contributed by atoms with Crippen molar-refractivity contribution in [3.05, 3.63) is 29.8 Å². The van der Waals surface area contributed by atoms with E-state index in [1.807, 2.05) is 0 Å². The number of unbranched alkanes of at least 4 members (excludes halogenated alkanes) is 2. The van der Waals surface area contributed by atoms with Crippen molar-refractivity contribution in [2.75, 3.05) is 13.1 Å². The summed E-state index contributed by atoms with van der Waals surface area (Å²) in [6, 6.07) is 8.59. The molecule has 3 heteroatoms. The standard InChI is InChI=1S/C15H23N3/c1-2-3-4-6-13-7-9-14(10-8-13)18-15-16-11-5-12-17-15/h7-10H,2-6,11-12H2,1H3,(H2,16,17,18). The summed E-state index contributed by atoms with van der Waals surface area (Å²) in [6.45, 7) is 4.27. The summed E-state index contributed by atoms with van der Waals surface area (Å²) in [6.07, 6.45) is 6.23. The number of nitrogens with zero attached hydrogens (tertiary/aromatic N) is 1. The number of guanidine groups is 1. The zero-order valence-electron chi connectivity index (χ0n) is 11.2. The van der Waals surface area contributed by atoms with Crippen LogP contribution in [0.3, 0.4) is 0 Å². The van der Waals surface area contributed by atoms with Gasteiger partial charge >= 0.3 is 0 Å². The number of aliphatic imine (C=N–C) groups is 1. The predicted octanol–water partition coefficient (Wildman–Crippen LogP) is 2.99. The number of benzene rings is 1. The highest BCUT2D eigenvalue weighted by Gasteiger charge is 2.03. The van der Waals surface area contributed by atoms with Gasteiger partial charge < -0.3 is 10.6 Å². The zero-order chi connectivity index (χ0) is 12.6. The van der Waals surface area contributed by atoms with Gasteiger partial charge in [0.2, 0.25) is 0 Å². The molecule has 0 aromatic heterocycles. The Bertz CT molecular complexity index is 373. The molecule has 0 radical (unpaired) electrons. The molecule has 0 unspecified atom stereocenters. The van der Waals surface area contributed by atoms with E-state index in [0.29, 0.717) is 0 Å². The van der Waals surface area contributed by atoms with Crippen molar-refractivity contribution in [3.8, 4) is 0 Å². The van der Waals surface area contributed by atoms with E-state index >= 15 is 0 Å². The van der Waals surface area contributed by atoms with E-state index in [4.69, 9.17) is 0 Å². The van der Waals surface area contributed by atoms with Gasteiger partial charge in [-0.2, -0.15) is 0 Å². The van der Waals surface area contributed by atoms with Gasteiger partial charge in [0.25, 0.3) is 0 Å². The third-order valence-electron chi connectivity index (χ3n) is 3.18. The van der Waals surface area contributed by atoms with Crippen molar-refractivity contribution >= 4 is 11.6 Å². The van der Waals surface area contributed by atoms with Crippen LogP contribution in [0.4, 0.5) is 5.69 Å². The van der Waals surface area contributed by atoms with Crippen LogP contribution >= 0.6 is 0 Å². The van der Waals surface area contributed by atoms with Gasteiger partial charge in [-0.3, -0.25) is 0 Å². The van der Waals surface area contributed by atoms with E-state index in [0.717, 1.165) is 31.2 Å². The number of hydrogen-bond acceptors (Lipinski definition) is 1. The quantitative estimate of drug-likeness (QED) is 0.782. The largest absolute Gasteiger partial charge is 0.356 e. The monoisotopic (exact) mass is 245 g/mol. The summed E-state index contributed by atoms with van der Waals surface area (Å²) in [7, 11) is 0. The minimum atomic E-state index is 0.903. The summed E-state index contributed by atoms with van der Waals surface area (Å²) in [5.41, 5.74) is 2.43. The first-order chi connectivity index (χ1) is 8.88. The molecule has 0 spiro atoms. The lowest BCUT2D eigenvalue weighted by Crippen LogP contribution is -2.43. The maximum atomic E-state index is 4.55. The first-order valence-corrected chi connectivity index (χ1v) is 7.04. The SMILES string of the molecule is CCCCCc1ccc(N=C2NCCCN2)cc1. The van der Waals surface area contributed by atoms with Crippen LogP contribution in [0.15, 0.2) is 29.3 Å². The van der Waals surface area contributed by atoms with E-state index in [-0.39, 0.29) is 0 Å². The third kappa shape index (κ3) is 4.06. The fourth-order valence-corrected chi connectivity index (χ4v) is 2.09. The molecule has 1 aliphatic heterocycles. The Balaban J connectivity index is 1.90. The molecule has 1 heterocycles. The van der Waals surface area contributed by atoms with Gasteiger partial charge in [0.15, 0.2) is 5.96 Å². The Morgan fingerprint density at radius 3 is 2.44 bits per heavy atom. The molecule has 1 aromatic rings. The van der Waals surface area contributed by atoms with Crippen molar-refractivity contribution in [2.24, 2.45) is 4.99 Å². The first kappa shape index (κ1) is 12.9. The highest BCUT2D eigenvalue weighted by molar-refractivity contribution is 5.83. The second-order valence-electron chi connectivity index (χ2n) is 4.79. The minimum absolute atomic E-state index is 0.903. The maximum absolute atomic E-state index is 4.55. The van der Waals surface area contributed by atoms with Crippen LogP contribution in [0.25, 0.3) is 0 Å². The van der Waals surface area contributed by atoms with Gasteiger partial charge in [0, 0.05) is 13.1 Å². The molecule has 98 valence electrons. The lowest BCUT2D eigenvalue weighted by atomic mass is 10.1. The highest BCUT2D eigenvalue weighted by atomic mass is 15.2. The van der Waals surface area contributed by atoms with Crippen LogP contribution in [-0.2, 0) is 6.42 Å². The fraction of sp³-hybridized carbons (Fsp3) is 0.533. The molecule has 0 atom stereocenters. The molecule has 0 saturated carbocycles. The molecule has 1 fully saturated rings. The maximum Gasteiger partial charge on any atom is 0.196 e. The zero-order valence-corrected chi connectivity index (χ0v) is 11.2. The van der Waals surface area contributed by atoms with Crippen LogP contribution in [0, 0.1) is 0 Å². The Morgan fingerprint density at radius 2 is 1.78 bits per heavy atom. The van der Waals surface area contributed by atoms with Crippen LogP contribution in [0.5, 0.6) is 0 Å². The topological polar surface area (TPSA) is 36.4 Å². The Kier molecular flexibility index (Phi) is 5.06. The van der Waals surface area contributed by atoms with E-state index in [1.54, 1.807) is 0 Å². The Labute approximate surface area is 110 Å². The van der Waals surface area contributed by atoms with Crippen molar-refractivity contribution in [3.63, 3.8) is 0 Å². The van der Waals surface area contributed by atoms with Crippen molar-refractivity contribution < 1.29 is 0 Å². The van der Waals surface area contributed by atoms with E-state index in [2.05, 4.69) is 46.8 Å². The smallest absolute Gasteiger partial charge is 0.196 e. The average molecular weight is 245 g/mol. The molecule has 18 heavy (non-hydrogen) atoms. The lowest BCUT2D eigenvalue weighted by molar-refractivity contribution is 0.668. The van der Waals surface area contributed by atoms with Gasteiger partial charge in [-0.15, -0.1) is 0 Å². The molecule has 2 N–H and O–H groups in total. The van der Waals surface area contributed by atoms with Gasteiger partial charge in [-0.25, -0.2) is 4.99 Å². The number of aryl methyl sites for hydroxylation is 1. The second-order valence-corrected chi connectivity index (χ2v) is 4.79. The summed E-state index contributed by atoms with van der Waals surface area (Å²) >= 11 is 0. The molecule has 0 aliphatic carbocycles. The van der Waals surface area contributed by atoms with E-state index < -0.39 is 0 Å². The predicted molar refractivity (Wildman–Crippen MR) is 77.4 cm³/mol. The van der Waals surface area contributed by atoms with Crippen LogP contribution in [0.1, 0.15) is 38.2 Å². The van der Waals surface area contributed by atoms with Crippen LogP contribution < -0.4 is 10.6 Å². The molecule has 2 rings (SSSR count). The lowest BCUT2D eigenvalue weighted by Gasteiger charge is -2.17. The molecule has 0 amide bonds. The van der Waals surface area contributed by atoms with Crippen molar-refractivity contribution in [1.82, 2.24) is 10.6 Å². The van der Waals surface area contributed by atoms with E-state index in [1.165, 1.54) is 31.2 Å². The van der Waals surface area contributed by atoms with Gasteiger partial charge in [-0.05, 0) is 37.0 Å². The molecule has 0 bridgehead atoms. The second kappa shape index (κ2) is 7.04. The van der Waals surface area contributed by atoms with E-state index in [9.17, 15) is 0 Å². The normalized spacial score (nSPS) is 14.8. The summed E-state index contributed by atoms with van der Waals surface area (Å²) in [4.78, 5) is 4.55. The van der Waals surface area contributed by atoms with Crippen LogP contribution in [-0.4, -0.2) is 19.0 Å². The van der Waals surface area contributed by atoms with Crippen molar-refractivity contribution in [1.29, 1.82) is 0 Å². The third-order valence-corrected chi connectivity index (χ3v) is 3.18. The summed E-state index contributed by atoms with van der Waals surface area (Å²) in [5, 5.41) is 6.53. The highest BCUT2D eigenvalue weighted by Crippen LogP contribution is 2.15. The number of rotatable bonds is 5. The molecule has 1 aromatic carbocycles. The van der Waals surface area contributed by atoms with Gasteiger partial charge in [0.1, 0.15) is 0 Å². The van der Waals surface area contributed by atoms with Crippen LogP contribution in [0.2, 0.25) is 0 Å². The first-order valence-electron chi connectivity index (χ1n) is 7.04. The Hall–Kier alpha value is -1.51. The van der Waals surface area contributed by atoms with Gasteiger partial charge in [0.05, 0.1) is 5.69 Å². The van der Waals surface area contributed by atoms with Gasteiger partial charge in [-0.1, -0.05) is 31.9 Å². The molecule has 1 aliphatic rings. The summed E-state index contributed by atoms with van der Waals surface area (Å²) < 4.78 is 0. The molecular weight excluding hydrogens is 222 g/mol.